The Labute approximate surface area is 172 Å². The number of piperazine rings is 1. The molecule has 1 aliphatic heterocycles. The molecule has 8 nitrogen and oxygen atoms in total. The number of amides is 1. The highest BCUT2D eigenvalue weighted by Crippen LogP contribution is 2.25. The zero-order valence-corrected chi connectivity index (χ0v) is 18.1. The van der Waals surface area contributed by atoms with Crippen LogP contribution in [0.15, 0.2) is 29.2 Å². The molecule has 1 heterocycles. The minimum absolute atomic E-state index is 0.0157. The fourth-order valence-electron chi connectivity index (χ4n) is 3.26. The van der Waals surface area contributed by atoms with Crippen LogP contribution in [0.25, 0.3) is 6.08 Å². The van der Waals surface area contributed by atoms with E-state index in [1.165, 1.54) is 26.3 Å². The fraction of sp³-hybridized carbons (Fsp3) is 0.500. The number of carbonyl (C=O) groups is 1. The van der Waals surface area contributed by atoms with E-state index in [0.29, 0.717) is 31.7 Å². The molecule has 0 aromatic heterocycles. The number of rotatable bonds is 7. The number of ether oxygens (including phenoxy) is 1. The summed E-state index contributed by atoms with van der Waals surface area (Å²) in [5.41, 5.74) is 0.580. The maximum Gasteiger partial charge on any atom is 0.246 e. The Morgan fingerprint density at radius 2 is 1.93 bits per heavy atom. The highest BCUT2D eigenvalue weighted by molar-refractivity contribution is 7.89. The maximum absolute atomic E-state index is 12.5. The van der Waals surface area contributed by atoms with Crippen LogP contribution in [0, 0.1) is 17.2 Å². The average Bonchev–Trinajstić information content (AvgIpc) is 2.72. The molecule has 0 spiro atoms. The monoisotopic (exact) mass is 420 g/mol. The molecule has 0 radical (unpaired) electrons. The molecular formula is C20H28N4O4S. The van der Waals surface area contributed by atoms with Gasteiger partial charge in [0.05, 0.1) is 13.2 Å². The van der Waals surface area contributed by atoms with Gasteiger partial charge in [0.25, 0.3) is 0 Å². The number of methoxy groups -OCH3 is 1. The van der Waals surface area contributed by atoms with E-state index in [4.69, 9.17) is 4.74 Å². The van der Waals surface area contributed by atoms with Crippen LogP contribution in [-0.4, -0.2) is 70.5 Å². The highest BCUT2D eigenvalue weighted by atomic mass is 32.2. The predicted molar refractivity (Wildman–Crippen MR) is 111 cm³/mol. The van der Waals surface area contributed by atoms with Crippen molar-refractivity contribution >= 4 is 22.0 Å². The number of nitrogens with zero attached hydrogens (tertiary/aromatic N) is 3. The third kappa shape index (κ3) is 5.56. The van der Waals surface area contributed by atoms with Gasteiger partial charge in [-0.05, 0) is 36.7 Å². The largest absolute Gasteiger partial charge is 0.495 e. The Morgan fingerprint density at radius 1 is 1.28 bits per heavy atom. The molecule has 1 aromatic rings. The molecule has 9 heteroatoms. The zero-order chi connectivity index (χ0) is 21.6. The minimum atomic E-state index is -3.68. The van der Waals surface area contributed by atoms with Crippen LogP contribution in [0.3, 0.4) is 0 Å². The minimum Gasteiger partial charge on any atom is -0.495 e. The van der Waals surface area contributed by atoms with E-state index >= 15 is 0 Å². The van der Waals surface area contributed by atoms with Crippen LogP contribution in [0.1, 0.15) is 19.4 Å². The van der Waals surface area contributed by atoms with E-state index in [-0.39, 0.29) is 28.5 Å². The lowest BCUT2D eigenvalue weighted by molar-refractivity contribution is -0.127. The van der Waals surface area contributed by atoms with Crippen LogP contribution in [0.2, 0.25) is 0 Å². The number of hydrogen-bond donors (Lipinski definition) is 1. The first-order valence-corrected chi connectivity index (χ1v) is 10.9. The Hall–Kier alpha value is -2.41. The van der Waals surface area contributed by atoms with Crippen molar-refractivity contribution in [2.45, 2.75) is 24.8 Å². The topological polar surface area (TPSA) is 103 Å². The number of nitrogens with one attached hydrogen (secondary N) is 1. The van der Waals surface area contributed by atoms with Crippen molar-refractivity contribution in [3.63, 3.8) is 0 Å². The van der Waals surface area contributed by atoms with Crippen molar-refractivity contribution in [3.05, 3.63) is 29.8 Å². The standard InChI is InChI=1S/C20H28N4O4S/c1-15(2)17(14-21)23-9-11-24(12-10-23)20(25)8-6-16-5-7-18(28-4)19(13-16)29(26,27)22-3/h5-8,13,15,17,22H,9-12H2,1-4H3/b8-6+. The lowest BCUT2D eigenvalue weighted by atomic mass is 10.0. The van der Waals surface area contributed by atoms with Gasteiger partial charge in [0.2, 0.25) is 15.9 Å². The van der Waals surface area contributed by atoms with Crippen LogP contribution in [0.4, 0.5) is 0 Å². The summed E-state index contributed by atoms with van der Waals surface area (Å²) < 4.78 is 31.7. The lowest BCUT2D eigenvalue weighted by Gasteiger charge is -2.37. The first kappa shape index (κ1) is 22.9. The number of benzene rings is 1. The van der Waals surface area contributed by atoms with Crippen molar-refractivity contribution in [1.82, 2.24) is 14.5 Å². The molecule has 2 rings (SSSR count). The van der Waals surface area contributed by atoms with Crippen molar-refractivity contribution in [1.29, 1.82) is 5.26 Å². The summed E-state index contributed by atoms with van der Waals surface area (Å²) in [5, 5.41) is 9.33. The van der Waals surface area contributed by atoms with Crippen molar-refractivity contribution in [3.8, 4) is 11.8 Å². The Balaban J connectivity index is 2.07. The molecule has 0 bridgehead atoms. The smallest absolute Gasteiger partial charge is 0.246 e. The molecule has 1 saturated heterocycles. The predicted octanol–water partition coefficient (Wildman–Crippen LogP) is 1.31. The van der Waals surface area contributed by atoms with E-state index in [9.17, 15) is 18.5 Å². The van der Waals surface area contributed by atoms with Gasteiger partial charge in [-0.2, -0.15) is 5.26 Å². The Bertz CT molecular complexity index is 898. The molecule has 0 aliphatic carbocycles. The number of nitriles is 1. The summed E-state index contributed by atoms with van der Waals surface area (Å²) in [5.74, 6) is 0.327. The van der Waals surface area contributed by atoms with Crippen molar-refractivity contribution in [2.75, 3.05) is 40.3 Å². The molecule has 1 fully saturated rings. The second-order valence-corrected chi connectivity index (χ2v) is 8.99. The first-order chi connectivity index (χ1) is 13.7. The van der Waals surface area contributed by atoms with Gasteiger partial charge in [0.15, 0.2) is 0 Å². The first-order valence-electron chi connectivity index (χ1n) is 9.45. The van der Waals surface area contributed by atoms with Crippen LogP contribution >= 0.6 is 0 Å². The summed E-state index contributed by atoms with van der Waals surface area (Å²) in [6.07, 6.45) is 3.03. The summed E-state index contributed by atoms with van der Waals surface area (Å²) in [6.45, 7) is 6.45. The van der Waals surface area contributed by atoms with Gasteiger partial charge < -0.3 is 9.64 Å². The van der Waals surface area contributed by atoms with Gasteiger partial charge in [-0.25, -0.2) is 13.1 Å². The molecular weight excluding hydrogens is 392 g/mol. The van der Waals surface area contributed by atoms with E-state index in [2.05, 4.69) is 15.7 Å². The highest BCUT2D eigenvalue weighted by Gasteiger charge is 2.27. The molecule has 29 heavy (non-hydrogen) atoms. The van der Waals surface area contributed by atoms with Gasteiger partial charge in [-0.1, -0.05) is 19.9 Å². The molecule has 1 atom stereocenters. The van der Waals surface area contributed by atoms with Crippen LogP contribution in [-0.2, 0) is 14.8 Å². The van der Waals surface area contributed by atoms with Crippen molar-refractivity contribution < 1.29 is 17.9 Å². The van der Waals surface area contributed by atoms with Gasteiger partial charge in [0, 0.05) is 32.3 Å². The quantitative estimate of drug-likeness (QED) is 0.667. The van der Waals surface area contributed by atoms with E-state index in [1.54, 1.807) is 23.1 Å². The fourth-order valence-corrected chi connectivity index (χ4v) is 4.19. The Morgan fingerprint density at radius 3 is 2.45 bits per heavy atom. The van der Waals surface area contributed by atoms with Gasteiger partial charge >= 0.3 is 0 Å². The maximum atomic E-state index is 12.5. The third-order valence-corrected chi connectivity index (χ3v) is 6.38. The van der Waals surface area contributed by atoms with Crippen molar-refractivity contribution in [2.24, 2.45) is 5.92 Å². The van der Waals surface area contributed by atoms with Gasteiger partial charge in [-0.3, -0.25) is 9.69 Å². The van der Waals surface area contributed by atoms with E-state index in [1.807, 2.05) is 13.8 Å². The zero-order valence-electron chi connectivity index (χ0n) is 17.3. The molecule has 1 unspecified atom stereocenters. The lowest BCUT2D eigenvalue weighted by Crippen LogP contribution is -2.52. The summed E-state index contributed by atoms with van der Waals surface area (Å²) in [6, 6.07) is 6.90. The van der Waals surface area contributed by atoms with Crippen LogP contribution in [0.5, 0.6) is 5.75 Å². The average molecular weight is 421 g/mol. The van der Waals surface area contributed by atoms with Crippen LogP contribution < -0.4 is 9.46 Å². The number of carbonyl (C=O) groups excluding carboxylic acids is 1. The molecule has 1 aromatic carbocycles. The normalized spacial score (nSPS) is 16.8. The summed E-state index contributed by atoms with van der Waals surface area (Å²) >= 11 is 0. The summed E-state index contributed by atoms with van der Waals surface area (Å²) in [4.78, 5) is 16.4. The molecule has 1 aliphatic rings. The number of sulfonamides is 1. The third-order valence-electron chi connectivity index (χ3n) is 4.95. The van der Waals surface area contributed by atoms with Gasteiger partial charge in [0.1, 0.15) is 16.7 Å². The summed E-state index contributed by atoms with van der Waals surface area (Å²) in [7, 11) is -0.951. The second-order valence-electron chi connectivity index (χ2n) is 7.13. The van der Waals surface area contributed by atoms with E-state index < -0.39 is 10.0 Å². The molecule has 1 amide bonds. The second kappa shape index (κ2) is 9.87. The van der Waals surface area contributed by atoms with E-state index in [0.717, 1.165) is 0 Å². The molecule has 158 valence electrons. The van der Waals surface area contributed by atoms with Gasteiger partial charge in [-0.15, -0.1) is 0 Å². The SMILES string of the molecule is CNS(=O)(=O)c1cc(/C=C/C(=O)N2CCN(C(C#N)C(C)C)CC2)ccc1OC. The molecule has 1 N–H and O–H groups in total. The molecule has 0 saturated carbocycles. The number of hydrogen-bond acceptors (Lipinski definition) is 6. The Kier molecular flexibility index (Phi) is 7.79.